The summed E-state index contributed by atoms with van der Waals surface area (Å²) < 4.78 is 32.9. The van der Waals surface area contributed by atoms with Crippen LogP contribution in [0.4, 0.5) is 11.4 Å². The molecule has 0 aliphatic rings. The lowest BCUT2D eigenvalue weighted by Crippen LogP contribution is -2.13. The van der Waals surface area contributed by atoms with Gasteiger partial charge in [-0.15, -0.1) is 0 Å². The second kappa shape index (κ2) is 6.36. The predicted octanol–water partition coefficient (Wildman–Crippen LogP) is 3.23. The van der Waals surface area contributed by atoms with Crippen LogP contribution in [0.5, 0.6) is 5.75 Å². The quantitative estimate of drug-likeness (QED) is 0.791. The first-order chi connectivity index (χ1) is 9.92. The highest BCUT2D eigenvalue weighted by Gasteiger charge is 2.17. The van der Waals surface area contributed by atoms with Gasteiger partial charge in [-0.2, -0.15) is 0 Å². The number of nitrogens with two attached hydrogens (primary N) is 1. The summed E-state index contributed by atoms with van der Waals surface area (Å²) >= 11 is 3.21. The van der Waals surface area contributed by atoms with Crippen LogP contribution in [-0.4, -0.2) is 15.0 Å². The Balaban J connectivity index is 2.24. The van der Waals surface area contributed by atoms with E-state index in [-0.39, 0.29) is 4.90 Å². The number of hydrogen-bond donors (Lipinski definition) is 2. The summed E-state index contributed by atoms with van der Waals surface area (Å²) in [5.41, 5.74) is 6.56. The molecule has 7 heteroatoms. The molecule has 0 fully saturated rings. The molecule has 0 heterocycles. The fraction of sp³-hybridized carbons (Fsp3) is 0.143. The van der Waals surface area contributed by atoms with Crippen LogP contribution in [0.15, 0.2) is 51.8 Å². The summed E-state index contributed by atoms with van der Waals surface area (Å²) in [6.45, 7) is 2.44. The number of anilines is 2. The Bertz CT molecular complexity index is 730. The summed E-state index contributed by atoms with van der Waals surface area (Å²) in [7, 11) is -3.68. The minimum atomic E-state index is -3.68. The maximum Gasteiger partial charge on any atom is 0.263 e. The Morgan fingerprint density at radius 2 is 1.86 bits per heavy atom. The number of hydrogen-bond acceptors (Lipinski definition) is 4. The zero-order chi connectivity index (χ0) is 15.5. The molecule has 21 heavy (non-hydrogen) atoms. The van der Waals surface area contributed by atoms with E-state index in [0.717, 1.165) is 0 Å². The van der Waals surface area contributed by atoms with Crippen molar-refractivity contribution in [3.63, 3.8) is 0 Å². The average Bonchev–Trinajstić information content (AvgIpc) is 2.40. The van der Waals surface area contributed by atoms with E-state index < -0.39 is 10.0 Å². The van der Waals surface area contributed by atoms with Gasteiger partial charge in [0.25, 0.3) is 10.0 Å². The molecule has 2 aromatic carbocycles. The highest BCUT2D eigenvalue weighted by molar-refractivity contribution is 9.10. The first kappa shape index (κ1) is 15.7. The third-order valence-corrected chi connectivity index (χ3v) is 5.02. The molecule has 0 amide bonds. The normalized spacial score (nSPS) is 11.1. The van der Waals surface area contributed by atoms with Crippen LogP contribution in [0.2, 0.25) is 0 Å². The van der Waals surface area contributed by atoms with Gasteiger partial charge < -0.3 is 10.5 Å². The standard InChI is InChI=1S/C14H15BrN2O3S/c1-2-20-12-6-4-11(5-7-12)17-21(18,19)14-8-3-10(16)9-13(14)15/h3-9,17H,2,16H2,1H3. The number of nitrogens with one attached hydrogen (secondary N) is 1. The van der Waals surface area contributed by atoms with Crippen LogP contribution in [0, 0.1) is 0 Å². The molecule has 2 rings (SSSR count). The van der Waals surface area contributed by atoms with Gasteiger partial charge in [0.15, 0.2) is 0 Å². The van der Waals surface area contributed by atoms with Gasteiger partial charge >= 0.3 is 0 Å². The molecular formula is C14H15BrN2O3S. The molecule has 0 unspecified atom stereocenters. The maximum atomic E-state index is 12.3. The third-order valence-electron chi connectivity index (χ3n) is 2.66. The molecule has 0 bridgehead atoms. The van der Waals surface area contributed by atoms with Gasteiger partial charge in [0, 0.05) is 15.8 Å². The van der Waals surface area contributed by atoms with E-state index in [0.29, 0.717) is 28.2 Å². The van der Waals surface area contributed by atoms with Gasteiger partial charge in [-0.1, -0.05) is 0 Å². The monoisotopic (exact) mass is 370 g/mol. The lowest BCUT2D eigenvalue weighted by molar-refractivity contribution is 0.340. The summed E-state index contributed by atoms with van der Waals surface area (Å²) in [6.07, 6.45) is 0. The van der Waals surface area contributed by atoms with Crippen molar-refractivity contribution < 1.29 is 13.2 Å². The van der Waals surface area contributed by atoms with Crippen LogP contribution in [0.25, 0.3) is 0 Å². The van der Waals surface area contributed by atoms with E-state index in [1.54, 1.807) is 30.3 Å². The smallest absolute Gasteiger partial charge is 0.263 e. The van der Waals surface area contributed by atoms with E-state index in [1.807, 2.05) is 6.92 Å². The fourth-order valence-corrected chi connectivity index (χ4v) is 3.89. The average molecular weight is 371 g/mol. The molecule has 2 aromatic rings. The molecule has 0 saturated carbocycles. The minimum Gasteiger partial charge on any atom is -0.494 e. The number of ether oxygens (including phenoxy) is 1. The Labute approximate surface area is 132 Å². The SMILES string of the molecule is CCOc1ccc(NS(=O)(=O)c2ccc(N)cc2Br)cc1. The van der Waals surface area contributed by atoms with Crippen molar-refractivity contribution in [3.05, 3.63) is 46.9 Å². The van der Waals surface area contributed by atoms with Gasteiger partial charge in [0.05, 0.1) is 6.61 Å². The van der Waals surface area contributed by atoms with Crippen molar-refractivity contribution in [2.24, 2.45) is 0 Å². The number of rotatable bonds is 5. The van der Waals surface area contributed by atoms with Gasteiger partial charge in [-0.25, -0.2) is 8.42 Å². The van der Waals surface area contributed by atoms with Crippen LogP contribution in [0.3, 0.4) is 0 Å². The molecule has 3 N–H and O–H groups in total. The lowest BCUT2D eigenvalue weighted by atomic mass is 10.3. The molecule has 0 radical (unpaired) electrons. The summed E-state index contributed by atoms with van der Waals surface area (Å²) in [4.78, 5) is 0.130. The molecular weight excluding hydrogens is 356 g/mol. The first-order valence-corrected chi connectivity index (χ1v) is 8.50. The topological polar surface area (TPSA) is 81.4 Å². The van der Waals surface area contributed by atoms with Crippen molar-refractivity contribution >= 4 is 37.3 Å². The van der Waals surface area contributed by atoms with Gasteiger partial charge in [-0.05, 0) is 65.3 Å². The molecule has 0 aliphatic heterocycles. The van der Waals surface area contributed by atoms with Crippen LogP contribution < -0.4 is 15.2 Å². The zero-order valence-corrected chi connectivity index (χ0v) is 13.7. The number of sulfonamides is 1. The van der Waals surface area contributed by atoms with Crippen molar-refractivity contribution in [1.82, 2.24) is 0 Å². The second-order valence-corrected chi connectivity index (χ2v) is 6.76. The zero-order valence-electron chi connectivity index (χ0n) is 11.3. The fourth-order valence-electron chi connectivity index (χ4n) is 1.73. The lowest BCUT2D eigenvalue weighted by Gasteiger charge is -2.11. The van der Waals surface area contributed by atoms with E-state index in [1.165, 1.54) is 12.1 Å². The van der Waals surface area contributed by atoms with Crippen molar-refractivity contribution in [2.75, 3.05) is 17.1 Å². The van der Waals surface area contributed by atoms with Gasteiger partial charge in [0.1, 0.15) is 10.6 Å². The Morgan fingerprint density at radius 3 is 2.43 bits per heavy atom. The number of halogens is 1. The minimum absolute atomic E-state index is 0.130. The highest BCUT2D eigenvalue weighted by Crippen LogP contribution is 2.26. The molecule has 0 saturated heterocycles. The van der Waals surface area contributed by atoms with Crippen LogP contribution >= 0.6 is 15.9 Å². The molecule has 5 nitrogen and oxygen atoms in total. The van der Waals surface area contributed by atoms with Crippen LogP contribution in [0.1, 0.15) is 6.92 Å². The molecule has 112 valence electrons. The predicted molar refractivity (Wildman–Crippen MR) is 87.0 cm³/mol. The van der Waals surface area contributed by atoms with E-state index >= 15 is 0 Å². The highest BCUT2D eigenvalue weighted by atomic mass is 79.9. The third kappa shape index (κ3) is 3.89. The summed E-state index contributed by atoms with van der Waals surface area (Å²) in [5, 5.41) is 0. The van der Waals surface area contributed by atoms with E-state index in [2.05, 4.69) is 20.7 Å². The Morgan fingerprint density at radius 1 is 1.19 bits per heavy atom. The number of benzene rings is 2. The largest absolute Gasteiger partial charge is 0.494 e. The van der Waals surface area contributed by atoms with Crippen molar-refractivity contribution in [1.29, 1.82) is 0 Å². The van der Waals surface area contributed by atoms with Gasteiger partial charge in [0.2, 0.25) is 0 Å². The van der Waals surface area contributed by atoms with Crippen molar-refractivity contribution in [3.8, 4) is 5.75 Å². The Hall–Kier alpha value is -1.73. The molecule has 0 aliphatic carbocycles. The first-order valence-electron chi connectivity index (χ1n) is 6.23. The summed E-state index contributed by atoms with van der Waals surface area (Å²) in [5.74, 6) is 0.689. The second-order valence-electron chi connectivity index (χ2n) is 4.25. The number of nitrogen functional groups attached to an aromatic ring is 1. The maximum absolute atomic E-state index is 12.3. The molecule has 0 atom stereocenters. The van der Waals surface area contributed by atoms with E-state index in [9.17, 15) is 8.42 Å². The van der Waals surface area contributed by atoms with E-state index in [4.69, 9.17) is 10.5 Å². The summed E-state index contributed by atoms with van der Waals surface area (Å²) in [6, 6.07) is 11.3. The molecule has 0 aromatic heterocycles. The Kier molecular flexibility index (Phi) is 4.74. The van der Waals surface area contributed by atoms with Crippen molar-refractivity contribution in [2.45, 2.75) is 11.8 Å². The van der Waals surface area contributed by atoms with Gasteiger partial charge in [-0.3, -0.25) is 4.72 Å². The van der Waals surface area contributed by atoms with Crippen LogP contribution in [-0.2, 0) is 10.0 Å². The molecule has 0 spiro atoms.